The van der Waals surface area contributed by atoms with Crippen molar-refractivity contribution in [1.82, 2.24) is 14.9 Å². The largest absolute Gasteiger partial charge is 0.376 e. The van der Waals surface area contributed by atoms with Crippen molar-refractivity contribution < 1.29 is 9.53 Å². The van der Waals surface area contributed by atoms with Gasteiger partial charge in [-0.05, 0) is 70.8 Å². The number of thioether (sulfide) groups is 1. The lowest BCUT2D eigenvalue weighted by molar-refractivity contribution is -0.120. The van der Waals surface area contributed by atoms with Crippen LogP contribution in [-0.2, 0) is 22.5 Å². The van der Waals surface area contributed by atoms with Crippen LogP contribution in [0.15, 0.2) is 21.6 Å². The fourth-order valence-electron chi connectivity index (χ4n) is 4.73. The first-order valence-corrected chi connectivity index (χ1v) is 13.9. The molecule has 1 saturated heterocycles. The van der Waals surface area contributed by atoms with E-state index in [9.17, 15) is 9.59 Å². The number of carbonyl (C=O) groups is 1. The number of fused-ring (bicyclic) bond motifs is 1. The summed E-state index contributed by atoms with van der Waals surface area (Å²) in [6.45, 7) is 7.92. The Morgan fingerprint density at radius 1 is 1.39 bits per heavy atom. The summed E-state index contributed by atoms with van der Waals surface area (Å²) in [4.78, 5) is 33.2. The van der Waals surface area contributed by atoms with E-state index in [1.807, 2.05) is 6.92 Å². The quantitative estimate of drug-likeness (QED) is 0.305. The van der Waals surface area contributed by atoms with Crippen LogP contribution in [-0.4, -0.2) is 40.0 Å². The zero-order valence-electron chi connectivity index (χ0n) is 19.9. The molecule has 1 fully saturated rings. The van der Waals surface area contributed by atoms with Gasteiger partial charge in [0.15, 0.2) is 5.16 Å². The van der Waals surface area contributed by atoms with Gasteiger partial charge in [0.2, 0.25) is 5.91 Å². The van der Waals surface area contributed by atoms with E-state index in [0.717, 1.165) is 65.8 Å². The third kappa shape index (κ3) is 5.72. The van der Waals surface area contributed by atoms with Crippen LogP contribution in [0.3, 0.4) is 0 Å². The van der Waals surface area contributed by atoms with Gasteiger partial charge in [-0.2, -0.15) is 0 Å². The zero-order valence-corrected chi connectivity index (χ0v) is 21.6. The number of nitrogens with one attached hydrogen (secondary N) is 1. The summed E-state index contributed by atoms with van der Waals surface area (Å²) in [5.74, 6) is -0.00831. The predicted octanol–water partition coefficient (Wildman–Crippen LogP) is 5.00. The summed E-state index contributed by atoms with van der Waals surface area (Å²) in [6.07, 6.45) is 10.9. The molecule has 6 nitrogen and oxygen atoms in total. The molecule has 1 aliphatic heterocycles. The van der Waals surface area contributed by atoms with Crippen molar-refractivity contribution in [1.29, 1.82) is 0 Å². The van der Waals surface area contributed by atoms with Crippen molar-refractivity contribution in [3.8, 4) is 0 Å². The lowest BCUT2D eigenvalue weighted by Crippen LogP contribution is -2.33. The number of aromatic nitrogens is 2. The number of ether oxygens (including phenoxy) is 1. The van der Waals surface area contributed by atoms with Gasteiger partial charge in [-0.25, -0.2) is 4.98 Å². The van der Waals surface area contributed by atoms with Crippen LogP contribution in [0.1, 0.15) is 69.2 Å². The van der Waals surface area contributed by atoms with Gasteiger partial charge in [-0.1, -0.05) is 30.3 Å². The minimum Gasteiger partial charge on any atom is -0.376 e. The Kier molecular flexibility index (Phi) is 8.30. The molecule has 0 radical (unpaired) electrons. The molecule has 2 unspecified atom stereocenters. The third-order valence-electron chi connectivity index (χ3n) is 6.62. The average molecular weight is 490 g/mol. The molecule has 8 heteroatoms. The molecule has 2 atom stereocenters. The molecule has 1 aliphatic carbocycles. The normalized spacial score (nSPS) is 19.6. The van der Waals surface area contributed by atoms with E-state index in [1.54, 1.807) is 15.9 Å². The predicted molar refractivity (Wildman–Crippen MR) is 136 cm³/mol. The van der Waals surface area contributed by atoms with Gasteiger partial charge in [-0.15, -0.1) is 11.3 Å². The molecule has 33 heavy (non-hydrogen) atoms. The van der Waals surface area contributed by atoms with E-state index < -0.39 is 0 Å². The van der Waals surface area contributed by atoms with Crippen LogP contribution in [0.4, 0.5) is 0 Å². The molecule has 1 N–H and O–H groups in total. The van der Waals surface area contributed by atoms with Gasteiger partial charge < -0.3 is 10.1 Å². The van der Waals surface area contributed by atoms with Crippen molar-refractivity contribution >= 4 is 39.2 Å². The van der Waals surface area contributed by atoms with Crippen LogP contribution >= 0.6 is 23.1 Å². The fourth-order valence-corrected chi connectivity index (χ4v) is 6.83. The highest BCUT2D eigenvalue weighted by atomic mass is 32.2. The average Bonchev–Trinajstić information content (AvgIpc) is 3.43. The standard InChI is InChI=1S/C25H35N3O3S2/c1-4-20-16(2)32-23-21(20)24(30)28(15-19-11-8-14-31-19)25(27-23)33-17(3)22(29)26-13-12-18-9-6-5-7-10-18/h9,17,19H,4-8,10-15H2,1-3H3,(H,26,29). The van der Waals surface area contributed by atoms with E-state index in [-0.39, 0.29) is 22.8 Å². The summed E-state index contributed by atoms with van der Waals surface area (Å²) in [6, 6.07) is 0. The topological polar surface area (TPSA) is 73.2 Å². The lowest BCUT2D eigenvalue weighted by atomic mass is 9.97. The second kappa shape index (κ2) is 11.2. The van der Waals surface area contributed by atoms with Crippen LogP contribution < -0.4 is 10.9 Å². The van der Waals surface area contributed by atoms with Gasteiger partial charge in [0.25, 0.3) is 5.56 Å². The van der Waals surface area contributed by atoms with Crippen LogP contribution in [0.2, 0.25) is 0 Å². The van der Waals surface area contributed by atoms with Gasteiger partial charge in [0, 0.05) is 18.0 Å². The molecule has 1 amide bonds. The molecule has 3 heterocycles. The van der Waals surface area contributed by atoms with E-state index in [2.05, 4.69) is 25.2 Å². The van der Waals surface area contributed by atoms with Gasteiger partial charge >= 0.3 is 0 Å². The number of rotatable bonds is 9. The lowest BCUT2D eigenvalue weighted by Gasteiger charge is -2.18. The number of aryl methyl sites for hydroxylation is 2. The summed E-state index contributed by atoms with van der Waals surface area (Å²) >= 11 is 2.95. The fraction of sp³-hybridized carbons (Fsp3) is 0.640. The van der Waals surface area contributed by atoms with Crippen molar-refractivity contribution in [2.75, 3.05) is 13.2 Å². The van der Waals surface area contributed by atoms with Gasteiger partial charge in [-0.3, -0.25) is 14.2 Å². The first kappa shape index (κ1) is 24.5. The number of thiophene rings is 1. The Morgan fingerprint density at radius 2 is 2.24 bits per heavy atom. The van der Waals surface area contributed by atoms with Crippen molar-refractivity contribution in [3.05, 3.63) is 32.4 Å². The van der Waals surface area contributed by atoms with Gasteiger partial charge in [0.05, 0.1) is 23.3 Å². The monoisotopic (exact) mass is 489 g/mol. The highest BCUT2D eigenvalue weighted by Gasteiger charge is 2.25. The number of allylic oxidation sites excluding steroid dienone is 1. The molecule has 2 aliphatic rings. The molecule has 0 aromatic carbocycles. The van der Waals surface area contributed by atoms with Crippen molar-refractivity contribution in [2.45, 2.75) is 95.2 Å². The number of carbonyl (C=O) groups excluding carboxylic acids is 1. The summed E-state index contributed by atoms with van der Waals surface area (Å²) in [5, 5.41) is 4.09. The molecular formula is C25H35N3O3S2. The minimum absolute atomic E-state index is 0.00366. The Bertz CT molecular complexity index is 1080. The number of hydrogen-bond acceptors (Lipinski definition) is 6. The van der Waals surface area contributed by atoms with Gasteiger partial charge in [0.1, 0.15) is 4.83 Å². The zero-order chi connectivity index (χ0) is 23.4. The number of hydrogen-bond donors (Lipinski definition) is 1. The molecule has 0 saturated carbocycles. The molecular weight excluding hydrogens is 454 g/mol. The summed E-state index contributed by atoms with van der Waals surface area (Å²) in [5.41, 5.74) is 2.54. The van der Waals surface area contributed by atoms with E-state index in [0.29, 0.717) is 18.2 Å². The Labute approximate surface area is 204 Å². The first-order valence-electron chi connectivity index (χ1n) is 12.2. The number of nitrogens with zero attached hydrogens (tertiary/aromatic N) is 2. The minimum atomic E-state index is -0.336. The maximum absolute atomic E-state index is 13.6. The maximum Gasteiger partial charge on any atom is 0.263 e. The first-order chi connectivity index (χ1) is 16.0. The number of amides is 1. The van der Waals surface area contributed by atoms with Crippen LogP contribution in [0, 0.1) is 6.92 Å². The molecule has 4 rings (SSSR count). The van der Waals surface area contributed by atoms with Crippen LogP contribution in [0.5, 0.6) is 0 Å². The highest BCUT2D eigenvalue weighted by molar-refractivity contribution is 8.00. The van der Waals surface area contributed by atoms with E-state index in [4.69, 9.17) is 9.72 Å². The molecule has 2 aromatic rings. The van der Waals surface area contributed by atoms with E-state index in [1.165, 1.54) is 30.2 Å². The molecule has 180 valence electrons. The van der Waals surface area contributed by atoms with E-state index >= 15 is 0 Å². The second-order valence-corrected chi connectivity index (χ2v) is 11.5. The second-order valence-electron chi connectivity index (χ2n) is 9.02. The Morgan fingerprint density at radius 3 is 2.94 bits per heavy atom. The molecule has 2 aromatic heterocycles. The van der Waals surface area contributed by atoms with Crippen molar-refractivity contribution in [2.24, 2.45) is 0 Å². The third-order valence-corrected chi connectivity index (χ3v) is 8.75. The summed E-state index contributed by atoms with van der Waals surface area (Å²) < 4.78 is 7.58. The smallest absolute Gasteiger partial charge is 0.263 e. The Hall–Kier alpha value is -1.64. The molecule has 0 bridgehead atoms. The highest BCUT2D eigenvalue weighted by Crippen LogP contribution is 2.31. The maximum atomic E-state index is 13.6. The SMILES string of the molecule is CCc1c(C)sc2nc(SC(C)C(=O)NCCC3=CCCCC3)n(CC3CCCO3)c(=O)c12. The molecule has 0 spiro atoms. The van der Waals surface area contributed by atoms with Crippen molar-refractivity contribution in [3.63, 3.8) is 0 Å². The van der Waals surface area contributed by atoms with Crippen LogP contribution in [0.25, 0.3) is 10.2 Å². The summed E-state index contributed by atoms with van der Waals surface area (Å²) in [7, 11) is 0. The Balaban J connectivity index is 1.52.